The Morgan fingerprint density at radius 3 is 2.45 bits per heavy atom. The average Bonchev–Trinajstić information content (AvgIpc) is 2.45. The Morgan fingerprint density at radius 1 is 1.30 bits per heavy atom. The van der Waals surface area contributed by atoms with Crippen LogP contribution in [0.3, 0.4) is 0 Å². The highest BCUT2D eigenvalue weighted by Crippen LogP contribution is 2.09. The molecule has 2 N–H and O–H groups in total. The van der Waals surface area contributed by atoms with Gasteiger partial charge < -0.3 is 15.4 Å². The fraction of sp³-hybridized carbons (Fsp3) is 0.923. The molecule has 20 heavy (non-hydrogen) atoms. The highest BCUT2D eigenvalue weighted by molar-refractivity contribution is 5.76. The van der Waals surface area contributed by atoms with Gasteiger partial charge in [0, 0.05) is 38.8 Å². The Labute approximate surface area is 119 Å². The van der Waals surface area contributed by atoms with Crippen LogP contribution in [0.2, 0.25) is 0 Å². The van der Waals surface area contributed by atoms with Crippen molar-refractivity contribution in [3.05, 3.63) is 0 Å². The molecule has 118 valence electrons. The van der Waals surface area contributed by atoms with Crippen molar-refractivity contribution in [2.75, 3.05) is 45.9 Å². The highest BCUT2D eigenvalue weighted by Gasteiger charge is 2.24. The maximum Gasteiger partial charge on any atom is 0.261 e. The first-order valence-electron chi connectivity index (χ1n) is 7.16. The molecule has 0 aromatic rings. The number of nitrogens with two attached hydrogens (primary N) is 1. The summed E-state index contributed by atoms with van der Waals surface area (Å²) >= 11 is 0. The zero-order chi connectivity index (χ0) is 15.0. The number of carbonyl (C=O) groups excluding carboxylic acids is 1. The van der Waals surface area contributed by atoms with E-state index in [0.29, 0.717) is 25.7 Å². The van der Waals surface area contributed by atoms with E-state index in [1.807, 2.05) is 0 Å². The summed E-state index contributed by atoms with van der Waals surface area (Å²) < 4.78 is 28.5. The zero-order valence-electron chi connectivity index (χ0n) is 12.1. The van der Waals surface area contributed by atoms with Crippen LogP contribution < -0.4 is 5.73 Å². The van der Waals surface area contributed by atoms with Gasteiger partial charge in [0.05, 0.1) is 13.0 Å². The standard InChI is InChI=1S/C13H25F2N3O2/c1-2-11(9-16)17-4-6-18(7-5-17)13(19)3-8-20-10-12(14)15/h11-12H,2-10,16H2,1H3. The molecule has 1 amide bonds. The minimum atomic E-state index is -2.48. The summed E-state index contributed by atoms with van der Waals surface area (Å²) in [5.74, 6) is -0.0280. The second-order valence-electron chi connectivity index (χ2n) is 4.93. The predicted octanol–water partition coefficient (Wildman–Crippen LogP) is 0.540. The Morgan fingerprint density at radius 2 is 1.95 bits per heavy atom. The number of carbonyl (C=O) groups is 1. The molecule has 1 aliphatic rings. The Kier molecular flexibility index (Phi) is 7.94. The van der Waals surface area contributed by atoms with Crippen LogP contribution in [-0.2, 0) is 9.53 Å². The van der Waals surface area contributed by atoms with Crippen molar-refractivity contribution in [1.82, 2.24) is 9.80 Å². The van der Waals surface area contributed by atoms with Gasteiger partial charge >= 0.3 is 0 Å². The molecule has 0 bridgehead atoms. The molecular formula is C13H25F2N3O2. The fourth-order valence-corrected chi connectivity index (χ4v) is 2.40. The number of ether oxygens (including phenoxy) is 1. The van der Waals surface area contributed by atoms with Crippen molar-refractivity contribution in [1.29, 1.82) is 0 Å². The van der Waals surface area contributed by atoms with Gasteiger partial charge in [0.15, 0.2) is 0 Å². The van der Waals surface area contributed by atoms with Crippen LogP contribution in [0.15, 0.2) is 0 Å². The third-order valence-electron chi connectivity index (χ3n) is 3.63. The number of piperazine rings is 1. The third kappa shape index (κ3) is 5.68. The fourth-order valence-electron chi connectivity index (χ4n) is 2.40. The van der Waals surface area contributed by atoms with Crippen molar-refractivity contribution in [2.45, 2.75) is 32.2 Å². The van der Waals surface area contributed by atoms with Gasteiger partial charge in [-0.25, -0.2) is 8.78 Å². The lowest BCUT2D eigenvalue weighted by Gasteiger charge is -2.38. The van der Waals surface area contributed by atoms with Crippen LogP contribution in [0.4, 0.5) is 8.78 Å². The number of hydrogen-bond donors (Lipinski definition) is 1. The van der Waals surface area contributed by atoms with E-state index in [1.54, 1.807) is 4.90 Å². The SMILES string of the molecule is CCC(CN)N1CCN(C(=O)CCOCC(F)F)CC1. The van der Waals surface area contributed by atoms with Crippen molar-refractivity contribution in [3.63, 3.8) is 0 Å². The summed E-state index contributed by atoms with van der Waals surface area (Å²) in [5, 5.41) is 0. The number of hydrogen-bond acceptors (Lipinski definition) is 4. The van der Waals surface area contributed by atoms with Gasteiger partial charge in [0.2, 0.25) is 5.91 Å². The quantitative estimate of drug-likeness (QED) is 0.664. The summed E-state index contributed by atoms with van der Waals surface area (Å²) in [5.41, 5.74) is 5.71. The van der Waals surface area contributed by atoms with Gasteiger partial charge in [-0.15, -0.1) is 0 Å². The first kappa shape index (κ1) is 17.3. The molecule has 0 saturated carbocycles. The largest absolute Gasteiger partial charge is 0.375 e. The van der Waals surface area contributed by atoms with Gasteiger partial charge in [0.1, 0.15) is 6.61 Å². The lowest BCUT2D eigenvalue weighted by Crippen LogP contribution is -2.53. The molecule has 7 heteroatoms. The van der Waals surface area contributed by atoms with Crippen LogP contribution >= 0.6 is 0 Å². The Bertz CT molecular complexity index is 281. The van der Waals surface area contributed by atoms with Crippen LogP contribution in [0.25, 0.3) is 0 Å². The second kappa shape index (κ2) is 9.20. The Balaban J connectivity index is 2.22. The average molecular weight is 293 g/mol. The zero-order valence-corrected chi connectivity index (χ0v) is 12.1. The topological polar surface area (TPSA) is 58.8 Å². The molecule has 1 saturated heterocycles. The highest BCUT2D eigenvalue weighted by atomic mass is 19.3. The number of halogens is 2. The van der Waals surface area contributed by atoms with E-state index in [1.165, 1.54) is 0 Å². The minimum Gasteiger partial charge on any atom is -0.375 e. The molecule has 5 nitrogen and oxygen atoms in total. The van der Waals surface area contributed by atoms with Gasteiger partial charge in [-0.3, -0.25) is 9.69 Å². The number of nitrogens with zero attached hydrogens (tertiary/aromatic N) is 2. The second-order valence-corrected chi connectivity index (χ2v) is 4.93. The van der Waals surface area contributed by atoms with E-state index >= 15 is 0 Å². The summed E-state index contributed by atoms with van der Waals surface area (Å²) in [6.45, 7) is 5.17. The lowest BCUT2D eigenvalue weighted by molar-refractivity contribution is -0.134. The van der Waals surface area contributed by atoms with Crippen LogP contribution in [0, 0.1) is 0 Å². The van der Waals surface area contributed by atoms with Gasteiger partial charge in [-0.1, -0.05) is 6.92 Å². The molecule has 0 aromatic carbocycles. The van der Waals surface area contributed by atoms with E-state index in [0.717, 1.165) is 19.5 Å². The molecule has 0 aromatic heterocycles. The van der Waals surface area contributed by atoms with Gasteiger partial charge in [-0.05, 0) is 6.42 Å². The molecule has 0 aliphatic carbocycles. The van der Waals surface area contributed by atoms with Gasteiger partial charge in [0.25, 0.3) is 6.43 Å². The van der Waals surface area contributed by atoms with Crippen LogP contribution in [-0.4, -0.2) is 74.1 Å². The number of rotatable bonds is 8. The smallest absolute Gasteiger partial charge is 0.261 e. The normalized spacial score (nSPS) is 18.6. The molecule has 0 spiro atoms. The van der Waals surface area contributed by atoms with E-state index < -0.39 is 13.0 Å². The third-order valence-corrected chi connectivity index (χ3v) is 3.63. The van der Waals surface area contributed by atoms with Crippen LogP contribution in [0.5, 0.6) is 0 Å². The predicted molar refractivity (Wildman–Crippen MR) is 72.7 cm³/mol. The maximum atomic E-state index is 11.9. The number of amides is 1. The minimum absolute atomic E-state index is 0.0280. The van der Waals surface area contributed by atoms with E-state index in [4.69, 9.17) is 10.5 Å². The molecule has 1 aliphatic heterocycles. The molecular weight excluding hydrogens is 268 g/mol. The van der Waals surface area contributed by atoms with Crippen LogP contribution in [0.1, 0.15) is 19.8 Å². The molecule has 0 radical (unpaired) electrons. The first-order valence-corrected chi connectivity index (χ1v) is 7.16. The summed E-state index contributed by atoms with van der Waals surface area (Å²) in [6, 6.07) is 0.377. The molecule has 1 unspecified atom stereocenters. The lowest BCUT2D eigenvalue weighted by atomic mass is 10.1. The summed E-state index contributed by atoms with van der Waals surface area (Å²) in [4.78, 5) is 15.9. The van der Waals surface area contributed by atoms with Crippen molar-refractivity contribution in [3.8, 4) is 0 Å². The van der Waals surface area contributed by atoms with E-state index in [9.17, 15) is 13.6 Å². The first-order chi connectivity index (χ1) is 9.58. The molecule has 1 fully saturated rings. The monoisotopic (exact) mass is 293 g/mol. The van der Waals surface area contributed by atoms with Crippen molar-refractivity contribution in [2.24, 2.45) is 5.73 Å². The summed E-state index contributed by atoms with van der Waals surface area (Å²) in [7, 11) is 0. The molecule has 1 atom stereocenters. The van der Waals surface area contributed by atoms with Gasteiger partial charge in [-0.2, -0.15) is 0 Å². The van der Waals surface area contributed by atoms with E-state index in [-0.39, 0.29) is 18.9 Å². The maximum absolute atomic E-state index is 11.9. The molecule has 1 rings (SSSR count). The Hall–Kier alpha value is -0.790. The summed E-state index contributed by atoms with van der Waals surface area (Å²) in [6.07, 6.45) is -1.30. The number of alkyl halides is 2. The van der Waals surface area contributed by atoms with Crippen molar-refractivity contribution < 1.29 is 18.3 Å². The molecule has 1 heterocycles. The van der Waals surface area contributed by atoms with E-state index in [2.05, 4.69) is 11.8 Å². The van der Waals surface area contributed by atoms with Crippen molar-refractivity contribution >= 4 is 5.91 Å².